The molecule has 1 heterocycles. The Kier molecular flexibility index (Phi) is 3.12. The largest absolute Gasteiger partial charge is 0.481 e. The zero-order chi connectivity index (χ0) is 12.8. The lowest BCUT2D eigenvalue weighted by atomic mass is 9.73. The van der Waals surface area contributed by atoms with Crippen molar-refractivity contribution in [1.29, 1.82) is 0 Å². The van der Waals surface area contributed by atoms with E-state index >= 15 is 0 Å². The van der Waals surface area contributed by atoms with Crippen molar-refractivity contribution in [2.24, 2.45) is 5.92 Å². The second-order valence-electron chi connectivity index (χ2n) is 5.92. The van der Waals surface area contributed by atoms with E-state index in [0.717, 1.165) is 0 Å². The molecule has 4 heteroatoms. The average molecular weight is 230 g/mol. The van der Waals surface area contributed by atoms with Crippen LogP contribution in [0, 0.1) is 5.92 Å². The summed E-state index contributed by atoms with van der Waals surface area (Å²) in [6.45, 7) is 8.78. The predicted octanol–water partition coefficient (Wildman–Crippen LogP) is 1.81. The van der Waals surface area contributed by atoms with E-state index in [-0.39, 0.29) is 0 Å². The molecule has 2 N–H and O–H groups in total. The van der Waals surface area contributed by atoms with E-state index in [1.165, 1.54) is 0 Å². The Morgan fingerprint density at radius 3 is 2.19 bits per heavy atom. The molecule has 0 aliphatic carbocycles. The van der Waals surface area contributed by atoms with Gasteiger partial charge in [0.1, 0.15) is 0 Å². The lowest BCUT2D eigenvalue weighted by Gasteiger charge is -2.51. The monoisotopic (exact) mass is 230 g/mol. The van der Waals surface area contributed by atoms with E-state index in [0.29, 0.717) is 12.8 Å². The first kappa shape index (κ1) is 13.5. The van der Waals surface area contributed by atoms with Gasteiger partial charge in [0.25, 0.3) is 0 Å². The molecule has 0 aromatic carbocycles. The molecule has 4 nitrogen and oxygen atoms in total. The van der Waals surface area contributed by atoms with Crippen LogP contribution in [0.4, 0.5) is 0 Å². The van der Waals surface area contributed by atoms with E-state index in [2.05, 4.69) is 0 Å². The smallest absolute Gasteiger partial charge is 0.309 e. The Bertz CT molecular complexity index is 290. The van der Waals surface area contributed by atoms with Crippen molar-refractivity contribution in [3.05, 3.63) is 0 Å². The Morgan fingerprint density at radius 1 is 1.38 bits per heavy atom. The van der Waals surface area contributed by atoms with Crippen LogP contribution >= 0.6 is 0 Å². The highest BCUT2D eigenvalue weighted by molar-refractivity contribution is 5.71. The Hall–Kier alpha value is -0.610. The average Bonchev–Trinajstić information content (AvgIpc) is 1.98. The van der Waals surface area contributed by atoms with Crippen molar-refractivity contribution in [3.8, 4) is 0 Å². The van der Waals surface area contributed by atoms with Gasteiger partial charge in [-0.2, -0.15) is 0 Å². The highest BCUT2D eigenvalue weighted by Crippen LogP contribution is 2.44. The number of rotatable bonds is 2. The summed E-state index contributed by atoms with van der Waals surface area (Å²) in [6, 6.07) is 0. The van der Waals surface area contributed by atoms with Crippen LogP contribution in [0.25, 0.3) is 0 Å². The summed E-state index contributed by atoms with van der Waals surface area (Å²) in [5, 5.41) is 19.2. The Labute approximate surface area is 96.6 Å². The molecule has 16 heavy (non-hydrogen) atoms. The first-order valence-electron chi connectivity index (χ1n) is 5.65. The lowest BCUT2D eigenvalue weighted by Crippen LogP contribution is -2.60. The van der Waals surface area contributed by atoms with Crippen LogP contribution in [-0.2, 0) is 9.53 Å². The van der Waals surface area contributed by atoms with Crippen LogP contribution in [0.3, 0.4) is 0 Å². The van der Waals surface area contributed by atoms with Crippen molar-refractivity contribution < 1.29 is 19.7 Å². The van der Waals surface area contributed by atoms with Gasteiger partial charge in [-0.05, 0) is 47.5 Å². The second-order valence-corrected chi connectivity index (χ2v) is 5.92. The van der Waals surface area contributed by atoms with Gasteiger partial charge in [-0.15, -0.1) is 0 Å². The number of ether oxygens (including phenoxy) is 1. The molecular weight excluding hydrogens is 208 g/mol. The van der Waals surface area contributed by atoms with E-state index in [9.17, 15) is 9.90 Å². The number of hydrogen-bond acceptors (Lipinski definition) is 3. The van der Waals surface area contributed by atoms with E-state index in [1.807, 2.05) is 6.92 Å². The molecule has 0 unspecified atom stereocenters. The van der Waals surface area contributed by atoms with Gasteiger partial charge < -0.3 is 14.9 Å². The third-order valence-electron chi connectivity index (χ3n) is 3.83. The molecule has 0 amide bonds. The summed E-state index contributed by atoms with van der Waals surface area (Å²) in [7, 11) is 0. The van der Waals surface area contributed by atoms with E-state index < -0.39 is 28.7 Å². The fourth-order valence-corrected chi connectivity index (χ4v) is 2.32. The summed E-state index contributed by atoms with van der Waals surface area (Å²) in [5.41, 5.74) is -2.42. The summed E-state index contributed by atoms with van der Waals surface area (Å²) >= 11 is 0. The van der Waals surface area contributed by atoms with E-state index in [4.69, 9.17) is 9.84 Å². The molecule has 1 fully saturated rings. The van der Waals surface area contributed by atoms with Crippen LogP contribution in [0.1, 0.15) is 47.5 Å². The minimum atomic E-state index is -0.978. The number of carboxylic acids is 1. The molecule has 1 aliphatic rings. The van der Waals surface area contributed by atoms with Gasteiger partial charge in [-0.1, -0.05) is 0 Å². The Balaban J connectivity index is 2.94. The van der Waals surface area contributed by atoms with Gasteiger partial charge in [0.05, 0.1) is 22.7 Å². The van der Waals surface area contributed by atoms with Gasteiger partial charge in [0, 0.05) is 0 Å². The van der Waals surface area contributed by atoms with Crippen LogP contribution in [0.15, 0.2) is 0 Å². The maximum Gasteiger partial charge on any atom is 0.309 e. The van der Waals surface area contributed by atoms with Crippen molar-refractivity contribution in [2.45, 2.75) is 64.3 Å². The molecule has 0 bridgehead atoms. The molecule has 94 valence electrons. The molecule has 0 radical (unpaired) electrons. The standard InChI is InChI=1S/C12H22O4/c1-10(2)8(9(13)14)6-7-12(5,16-10)11(3,4)15/h8,15H,6-7H2,1-5H3,(H,13,14)/t8-,12-/m0/s1. The van der Waals surface area contributed by atoms with Crippen molar-refractivity contribution in [2.75, 3.05) is 0 Å². The van der Waals surface area contributed by atoms with Gasteiger partial charge in [-0.3, -0.25) is 4.79 Å². The summed E-state index contributed by atoms with van der Waals surface area (Å²) < 4.78 is 5.87. The van der Waals surface area contributed by atoms with Crippen molar-refractivity contribution in [1.82, 2.24) is 0 Å². The van der Waals surface area contributed by atoms with Gasteiger partial charge in [0.2, 0.25) is 0 Å². The minimum absolute atomic E-state index is 0.511. The molecule has 1 rings (SSSR count). The highest BCUT2D eigenvalue weighted by Gasteiger charge is 2.52. The predicted molar refractivity (Wildman–Crippen MR) is 60.2 cm³/mol. The Morgan fingerprint density at radius 2 is 1.88 bits per heavy atom. The maximum absolute atomic E-state index is 11.1. The first-order chi connectivity index (χ1) is 7.00. The lowest BCUT2D eigenvalue weighted by molar-refractivity contribution is -0.255. The van der Waals surface area contributed by atoms with Gasteiger partial charge in [-0.25, -0.2) is 0 Å². The number of aliphatic hydroxyl groups is 1. The first-order valence-corrected chi connectivity index (χ1v) is 5.65. The fourth-order valence-electron chi connectivity index (χ4n) is 2.32. The van der Waals surface area contributed by atoms with E-state index in [1.54, 1.807) is 27.7 Å². The van der Waals surface area contributed by atoms with Crippen LogP contribution in [0.5, 0.6) is 0 Å². The number of carboxylic acid groups (broad SMARTS) is 1. The minimum Gasteiger partial charge on any atom is -0.481 e. The summed E-state index contributed by atoms with van der Waals surface area (Å²) in [4.78, 5) is 11.1. The van der Waals surface area contributed by atoms with Gasteiger partial charge in [0.15, 0.2) is 0 Å². The number of carbonyl (C=O) groups is 1. The molecule has 1 aliphatic heterocycles. The van der Waals surface area contributed by atoms with Crippen LogP contribution in [-0.4, -0.2) is 33.0 Å². The quantitative estimate of drug-likeness (QED) is 0.759. The SMILES string of the molecule is CC1(C)O[C@](C)(C(C)(C)O)CC[C@H]1C(=O)O. The molecular formula is C12H22O4. The molecule has 0 spiro atoms. The molecule has 0 aromatic heterocycles. The van der Waals surface area contributed by atoms with Crippen LogP contribution < -0.4 is 0 Å². The highest BCUT2D eigenvalue weighted by atomic mass is 16.5. The number of aliphatic carboxylic acids is 1. The summed E-state index contributed by atoms with van der Waals surface area (Å²) in [6.07, 6.45) is 1.08. The van der Waals surface area contributed by atoms with Gasteiger partial charge >= 0.3 is 5.97 Å². The van der Waals surface area contributed by atoms with Crippen molar-refractivity contribution >= 4 is 5.97 Å². The second kappa shape index (κ2) is 3.70. The third-order valence-corrected chi connectivity index (χ3v) is 3.83. The zero-order valence-corrected chi connectivity index (χ0v) is 10.7. The fraction of sp³-hybridized carbons (Fsp3) is 0.917. The van der Waals surface area contributed by atoms with Crippen molar-refractivity contribution in [3.63, 3.8) is 0 Å². The normalized spacial score (nSPS) is 34.8. The molecule has 0 saturated carbocycles. The zero-order valence-electron chi connectivity index (χ0n) is 10.7. The number of hydrogen-bond donors (Lipinski definition) is 2. The molecule has 0 aromatic rings. The molecule has 2 atom stereocenters. The van der Waals surface area contributed by atoms with Crippen LogP contribution in [0.2, 0.25) is 0 Å². The maximum atomic E-state index is 11.1. The summed E-state index contributed by atoms with van der Waals surface area (Å²) in [5.74, 6) is -1.34. The topological polar surface area (TPSA) is 66.8 Å². The third kappa shape index (κ3) is 2.23. The molecule has 1 saturated heterocycles.